The molecule has 2 aromatic carbocycles. The predicted molar refractivity (Wildman–Crippen MR) is 88.7 cm³/mol. The molecule has 2 heterocycles. The van der Waals surface area contributed by atoms with Crippen LogP contribution in [0.1, 0.15) is 5.56 Å². The second-order valence-electron chi connectivity index (χ2n) is 5.24. The zero-order chi connectivity index (χ0) is 16.4. The van der Waals surface area contributed by atoms with Crippen molar-refractivity contribution in [1.82, 2.24) is 25.2 Å². The third-order valence-electron chi connectivity index (χ3n) is 3.60. The summed E-state index contributed by atoms with van der Waals surface area (Å²) < 4.78 is 7.29. The SMILES string of the molecule is Nc1c(-c2nnc(-c3ccccc3)o2)nnn1Cc1ccccc1. The molecule has 0 aliphatic heterocycles. The first-order valence-electron chi connectivity index (χ1n) is 7.43. The molecule has 0 saturated heterocycles. The number of aromatic nitrogens is 5. The van der Waals surface area contributed by atoms with Gasteiger partial charge in [-0.1, -0.05) is 53.7 Å². The molecule has 0 amide bonds. The van der Waals surface area contributed by atoms with E-state index >= 15 is 0 Å². The van der Waals surface area contributed by atoms with Crippen molar-refractivity contribution in [3.05, 3.63) is 66.2 Å². The summed E-state index contributed by atoms with van der Waals surface area (Å²) in [6.45, 7) is 0.527. The van der Waals surface area contributed by atoms with Crippen LogP contribution in [-0.2, 0) is 6.54 Å². The maximum Gasteiger partial charge on any atom is 0.272 e. The van der Waals surface area contributed by atoms with Gasteiger partial charge in [0.15, 0.2) is 11.5 Å². The summed E-state index contributed by atoms with van der Waals surface area (Å²) in [5.74, 6) is 1.07. The second kappa shape index (κ2) is 5.96. The number of nitrogen functional groups attached to an aromatic ring is 1. The summed E-state index contributed by atoms with van der Waals surface area (Å²) in [4.78, 5) is 0. The van der Waals surface area contributed by atoms with Crippen molar-refractivity contribution < 1.29 is 4.42 Å². The van der Waals surface area contributed by atoms with Gasteiger partial charge in [0.1, 0.15) is 0 Å². The predicted octanol–water partition coefficient (Wildman–Crippen LogP) is 2.63. The third-order valence-corrected chi connectivity index (χ3v) is 3.60. The van der Waals surface area contributed by atoms with Crippen molar-refractivity contribution in [2.75, 3.05) is 5.73 Å². The summed E-state index contributed by atoms with van der Waals surface area (Å²) in [6, 6.07) is 19.4. The minimum absolute atomic E-state index is 0.255. The van der Waals surface area contributed by atoms with E-state index in [4.69, 9.17) is 10.2 Å². The lowest BCUT2D eigenvalue weighted by Crippen LogP contribution is -2.06. The van der Waals surface area contributed by atoms with Crippen LogP contribution in [-0.4, -0.2) is 25.2 Å². The molecule has 0 spiro atoms. The molecule has 2 N–H and O–H groups in total. The Hall–Kier alpha value is -3.48. The molecule has 0 unspecified atom stereocenters. The molecule has 7 nitrogen and oxygen atoms in total. The Kier molecular flexibility index (Phi) is 3.51. The van der Waals surface area contributed by atoms with Crippen LogP contribution in [0.25, 0.3) is 23.0 Å². The van der Waals surface area contributed by atoms with Crippen molar-refractivity contribution in [3.63, 3.8) is 0 Å². The van der Waals surface area contributed by atoms with Crippen LogP contribution in [0.15, 0.2) is 65.1 Å². The zero-order valence-electron chi connectivity index (χ0n) is 12.7. The minimum Gasteiger partial charge on any atom is -0.414 e. The minimum atomic E-state index is 0.255. The Morgan fingerprint density at radius 1 is 0.833 bits per heavy atom. The maximum atomic E-state index is 6.14. The van der Waals surface area contributed by atoms with E-state index < -0.39 is 0 Å². The first kappa shape index (κ1) is 14.1. The number of nitrogens with two attached hydrogens (primary N) is 1. The number of nitrogens with zero attached hydrogens (tertiary/aromatic N) is 5. The van der Waals surface area contributed by atoms with Crippen LogP contribution in [0.5, 0.6) is 0 Å². The van der Waals surface area contributed by atoms with Gasteiger partial charge < -0.3 is 10.2 Å². The molecule has 0 bridgehead atoms. The largest absolute Gasteiger partial charge is 0.414 e. The van der Waals surface area contributed by atoms with E-state index in [1.54, 1.807) is 4.68 Å². The Bertz CT molecular complexity index is 946. The van der Waals surface area contributed by atoms with Gasteiger partial charge in [-0.2, -0.15) is 0 Å². The quantitative estimate of drug-likeness (QED) is 0.621. The molecule has 118 valence electrons. The molecular formula is C17H14N6O. The topological polar surface area (TPSA) is 95.7 Å². The number of benzene rings is 2. The molecule has 0 atom stereocenters. The smallest absolute Gasteiger partial charge is 0.272 e. The molecule has 4 aromatic rings. The van der Waals surface area contributed by atoms with E-state index in [1.807, 2.05) is 60.7 Å². The molecule has 0 radical (unpaired) electrons. The average Bonchev–Trinajstić information content (AvgIpc) is 3.24. The number of hydrogen-bond acceptors (Lipinski definition) is 6. The van der Waals surface area contributed by atoms with E-state index in [0.29, 0.717) is 23.9 Å². The highest BCUT2D eigenvalue weighted by Gasteiger charge is 2.18. The summed E-state index contributed by atoms with van der Waals surface area (Å²) in [7, 11) is 0. The molecule has 0 aliphatic rings. The maximum absolute atomic E-state index is 6.14. The van der Waals surface area contributed by atoms with Gasteiger partial charge >= 0.3 is 0 Å². The summed E-state index contributed by atoms with van der Waals surface area (Å²) >= 11 is 0. The second-order valence-corrected chi connectivity index (χ2v) is 5.24. The van der Waals surface area contributed by atoms with Gasteiger partial charge in [0.25, 0.3) is 5.89 Å². The van der Waals surface area contributed by atoms with Gasteiger partial charge in [0.05, 0.1) is 6.54 Å². The van der Waals surface area contributed by atoms with Crippen molar-refractivity contribution in [2.24, 2.45) is 0 Å². The van der Waals surface area contributed by atoms with Crippen molar-refractivity contribution in [3.8, 4) is 23.0 Å². The molecule has 2 aromatic heterocycles. The first-order valence-corrected chi connectivity index (χ1v) is 7.43. The monoisotopic (exact) mass is 318 g/mol. The molecule has 4 rings (SSSR count). The van der Waals surface area contributed by atoms with Crippen LogP contribution in [0, 0.1) is 0 Å². The lowest BCUT2D eigenvalue weighted by atomic mass is 10.2. The first-order chi connectivity index (χ1) is 11.8. The van der Waals surface area contributed by atoms with Gasteiger partial charge in [-0.05, 0) is 17.7 Å². The highest BCUT2D eigenvalue weighted by atomic mass is 16.4. The Labute approximate surface area is 137 Å². The molecule has 7 heteroatoms. The molecular weight excluding hydrogens is 304 g/mol. The number of rotatable bonds is 4. The van der Waals surface area contributed by atoms with Crippen LogP contribution in [0.3, 0.4) is 0 Å². The van der Waals surface area contributed by atoms with Crippen molar-refractivity contribution >= 4 is 5.82 Å². The normalized spacial score (nSPS) is 10.8. The van der Waals surface area contributed by atoms with Crippen LogP contribution < -0.4 is 5.73 Å². The number of anilines is 1. The van der Waals surface area contributed by atoms with E-state index in [2.05, 4.69) is 20.5 Å². The van der Waals surface area contributed by atoms with Crippen LogP contribution >= 0.6 is 0 Å². The molecule has 0 saturated carbocycles. The average molecular weight is 318 g/mol. The molecule has 24 heavy (non-hydrogen) atoms. The van der Waals surface area contributed by atoms with Crippen molar-refractivity contribution in [1.29, 1.82) is 0 Å². The summed E-state index contributed by atoms with van der Waals surface area (Å²) in [6.07, 6.45) is 0. The summed E-state index contributed by atoms with van der Waals surface area (Å²) in [5.41, 5.74) is 8.45. The van der Waals surface area contributed by atoms with Gasteiger partial charge in [-0.25, -0.2) is 4.68 Å². The van der Waals surface area contributed by atoms with E-state index in [-0.39, 0.29) is 5.89 Å². The van der Waals surface area contributed by atoms with E-state index in [1.165, 1.54) is 0 Å². The fraction of sp³-hybridized carbons (Fsp3) is 0.0588. The van der Waals surface area contributed by atoms with Gasteiger partial charge in [-0.15, -0.1) is 15.3 Å². The van der Waals surface area contributed by atoms with Crippen LogP contribution in [0.2, 0.25) is 0 Å². The third kappa shape index (κ3) is 2.63. The summed E-state index contributed by atoms with van der Waals surface area (Å²) in [5, 5.41) is 16.2. The van der Waals surface area contributed by atoms with Gasteiger partial charge in [0, 0.05) is 5.56 Å². The Balaban J connectivity index is 1.63. The number of hydrogen-bond donors (Lipinski definition) is 1. The highest BCUT2D eigenvalue weighted by Crippen LogP contribution is 2.26. The Morgan fingerprint density at radius 3 is 2.25 bits per heavy atom. The zero-order valence-corrected chi connectivity index (χ0v) is 12.7. The lowest BCUT2D eigenvalue weighted by molar-refractivity contribution is 0.582. The lowest BCUT2D eigenvalue weighted by Gasteiger charge is -2.02. The van der Waals surface area contributed by atoms with Gasteiger partial charge in [0.2, 0.25) is 5.89 Å². The fourth-order valence-corrected chi connectivity index (χ4v) is 2.36. The van der Waals surface area contributed by atoms with E-state index in [0.717, 1.165) is 11.1 Å². The molecule has 0 fully saturated rings. The fourth-order valence-electron chi connectivity index (χ4n) is 2.36. The standard InChI is InChI=1S/C17H14N6O/c18-15-14(19-22-23(15)11-12-7-3-1-4-8-12)17-21-20-16(24-17)13-9-5-2-6-10-13/h1-10H,11,18H2. The van der Waals surface area contributed by atoms with Crippen LogP contribution in [0.4, 0.5) is 5.82 Å². The van der Waals surface area contributed by atoms with Crippen molar-refractivity contribution in [2.45, 2.75) is 6.54 Å². The molecule has 0 aliphatic carbocycles. The van der Waals surface area contributed by atoms with E-state index in [9.17, 15) is 0 Å². The highest BCUT2D eigenvalue weighted by molar-refractivity contribution is 5.63. The Morgan fingerprint density at radius 2 is 1.50 bits per heavy atom. The van der Waals surface area contributed by atoms with Gasteiger partial charge in [-0.3, -0.25) is 0 Å².